The Morgan fingerprint density at radius 2 is 1.42 bits per heavy atom. The fourth-order valence-electron chi connectivity index (χ4n) is 6.31. The molecule has 3 aliphatic heterocycles. The van der Waals surface area contributed by atoms with Crippen molar-refractivity contribution in [2.75, 3.05) is 32.7 Å². The standard InChI is InChI=1S/C24H31N3O4/c28-21-18-1-2-19(4-3-18)22(29)24(21)15-20(23(30)31)9-14-27(24)26-12-7-17(8-13-26)16-5-10-25-11-6-16/h1-4,16-17,20,25H,5-15H2,(H,30,31). The maximum absolute atomic E-state index is 13.7. The van der Waals surface area contributed by atoms with Crippen molar-refractivity contribution in [1.82, 2.24) is 15.3 Å². The lowest BCUT2D eigenvalue weighted by Gasteiger charge is -2.52. The number of carbonyl (C=O) groups is 3. The molecule has 1 atom stereocenters. The van der Waals surface area contributed by atoms with Gasteiger partial charge in [0.15, 0.2) is 17.1 Å². The number of carboxylic acid groups (broad SMARTS) is 1. The summed E-state index contributed by atoms with van der Waals surface area (Å²) in [6, 6.07) is 6.82. The largest absolute Gasteiger partial charge is 0.481 e. The lowest BCUT2D eigenvalue weighted by atomic mass is 9.73. The van der Waals surface area contributed by atoms with Gasteiger partial charge in [-0.15, -0.1) is 0 Å². The average Bonchev–Trinajstić information content (AvgIpc) is 2.97. The number of benzene rings is 1. The smallest absolute Gasteiger partial charge is 0.306 e. The minimum atomic E-state index is -1.43. The van der Waals surface area contributed by atoms with Crippen molar-refractivity contribution >= 4 is 17.5 Å². The summed E-state index contributed by atoms with van der Waals surface area (Å²) in [7, 11) is 0. The van der Waals surface area contributed by atoms with Crippen LogP contribution in [0.1, 0.15) is 59.2 Å². The lowest BCUT2D eigenvalue weighted by Crippen LogP contribution is -2.69. The molecule has 3 fully saturated rings. The van der Waals surface area contributed by atoms with Gasteiger partial charge in [0.2, 0.25) is 0 Å². The molecule has 1 aromatic carbocycles. The molecular weight excluding hydrogens is 394 g/mol. The van der Waals surface area contributed by atoms with E-state index in [4.69, 9.17) is 0 Å². The Balaban J connectivity index is 1.42. The highest BCUT2D eigenvalue weighted by Crippen LogP contribution is 2.42. The Kier molecular flexibility index (Phi) is 5.44. The second-order valence-corrected chi connectivity index (χ2v) is 9.63. The molecule has 2 aliphatic carbocycles. The van der Waals surface area contributed by atoms with Crippen LogP contribution in [0, 0.1) is 17.8 Å². The summed E-state index contributed by atoms with van der Waals surface area (Å²) >= 11 is 0. The molecule has 7 heteroatoms. The number of rotatable bonds is 3. The number of nitrogens with one attached hydrogen (secondary N) is 1. The fourth-order valence-corrected chi connectivity index (χ4v) is 6.31. The van der Waals surface area contributed by atoms with Crippen LogP contribution in [-0.4, -0.2) is 70.9 Å². The molecule has 7 nitrogen and oxygen atoms in total. The zero-order valence-electron chi connectivity index (χ0n) is 17.9. The van der Waals surface area contributed by atoms with Crippen LogP contribution in [0.15, 0.2) is 24.3 Å². The number of nitrogens with zero attached hydrogens (tertiary/aromatic N) is 2. The Labute approximate surface area is 182 Å². The van der Waals surface area contributed by atoms with E-state index in [9.17, 15) is 19.5 Å². The summed E-state index contributed by atoms with van der Waals surface area (Å²) in [5.74, 6) is -0.652. The molecule has 6 rings (SSSR count). The van der Waals surface area contributed by atoms with Crippen molar-refractivity contribution in [2.24, 2.45) is 17.8 Å². The highest BCUT2D eigenvalue weighted by molar-refractivity contribution is 6.25. The third kappa shape index (κ3) is 3.43. The van der Waals surface area contributed by atoms with Crippen LogP contribution >= 0.6 is 0 Å². The van der Waals surface area contributed by atoms with Crippen LogP contribution in [-0.2, 0) is 4.79 Å². The molecule has 1 spiro atoms. The van der Waals surface area contributed by atoms with Gasteiger partial charge in [0, 0.05) is 30.8 Å². The number of carboxylic acids is 1. The van der Waals surface area contributed by atoms with Gasteiger partial charge in [-0.25, -0.2) is 10.0 Å². The molecule has 0 saturated carbocycles. The Morgan fingerprint density at radius 1 is 0.871 bits per heavy atom. The molecule has 2 bridgehead atoms. The summed E-state index contributed by atoms with van der Waals surface area (Å²) in [5.41, 5.74) is -0.439. The molecule has 31 heavy (non-hydrogen) atoms. The summed E-state index contributed by atoms with van der Waals surface area (Å²) < 4.78 is 0. The first-order valence-electron chi connectivity index (χ1n) is 11.7. The van der Waals surface area contributed by atoms with Crippen molar-refractivity contribution in [3.63, 3.8) is 0 Å². The number of ketones is 2. The van der Waals surface area contributed by atoms with Crippen LogP contribution in [0.4, 0.5) is 0 Å². The van der Waals surface area contributed by atoms with E-state index in [1.807, 2.05) is 5.01 Å². The van der Waals surface area contributed by atoms with Gasteiger partial charge in [-0.1, -0.05) is 24.3 Å². The first-order valence-corrected chi connectivity index (χ1v) is 11.7. The van der Waals surface area contributed by atoms with E-state index < -0.39 is 17.4 Å². The van der Waals surface area contributed by atoms with E-state index in [2.05, 4.69) is 10.3 Å². The van der Waals surface area contributed by atoms with Crippen LogP contribution < -0.4 is 5.32 Å². The van der Waals surface area contributed by atoms with Gasteiger partial charge in [0.1, 0.15) is 0 Å². The van der Waals surface area contributed by atoms with Gasteiger partial charge >= 0.3 is 5.97 Å². The fraction of sp³-hybridized carbons (Fsp3) is 0.625. The van der Waals surface area contributed by atoms with E-state index in [0.717, 1.165) is 44.9 Å². The van der Waals surface area contributed by atoms with E-state index in [0.29, 0.717) is 30.0 Å². The van der Waals surface area contributed by atoms with Crippen LogP contribution in [0.2, 0.25) is 0 Å². The molecule has 0 amide bonds. The molecule has 3 saturated heterocycles. The third-order valence-electron chi connectivity index (χ3n) is 8.09. The molecule has 3 heterocycles. The number of aliphatic carboxylic acids is 1. The van der Waals surface area contributed by atoms with E-state index in [-0.39, 0.29) is 18.0 Å². The third-order valence-corrected chi connectivity index (χ3v) is 8.09. The van der Waals surface area contributed by atoms with E-state index >= 15 is 0 Å². The lowest BCUT2D eigenvalue weighted by molar-refractivity contribution is -0.154. The van der Waals surface area contributed by atoms with Crippen molar-refractivity contribution in [2.45, 2.75) is 44.1 Å². The SMILES string of the molecule is O=C(O)C1CCN(N2CCC(C3CCNCC3)CC2)C2(C1)C(=O)c1ccc(cc1)C2=O. The van der Waals surface area contributed by atoms with Crippen LogP contribution in [0.3, 0.4) is 0 Å². The van der Waals surface area contributed by atoms with Gasteiger partial charge < -0.3 is 10.4 Å². The normalized spacial score (nSPS) is 28.2. The summed E-state index contributed by atoms with van der Waals surface area (Å²) in [4.78, 5) is 39.2. The quantitative estimate of drug-likeness (QED) is 0.718. The van der Waals surface area contributed by atoms with Gasteiger partial charge in [0.05, 0.1) is 5.92 Å². The predicted molar refractivity (Wildman–Crippen MR) is 115 cm³/mol. The zero-order valence-corrected chi connectivity index (χ0v) is 17.9. The van der Waals surface area contributed by atoms with Crippen molar-refractivity contribution in [3.8, 4) is 0 Å². The molecular formula is C24H31N3O4. The number of hydrogen-bond donors (Lipinski definition) is 2. The maximum atomic E-state index is 13.7. The second kappa shape index (κ2) is 8.11. The topological polar surface area (TPSA) is 89.9 Å². The van der Waals surface area contributed by atoms with Gasteiger partial charge in [0.25, 0.3) is 0 Å². The molecule has 0 aromatic heterocycles. The number of hydrazine groups is 1. The number of Topliss-reactive ketones (excluding diaryl/α,β-unsaturated/α-hetero) is 2. The van der Waals surface area contributed by atoms with Crippen molar-refractivity contribution in [3.05, 3.63) is 35.4 Å². The molecule has 1 unspecified atom stereocenters. The first kappa shape index (κ1) is 20.8. The second-order valence-electron chi connectivity index (χ2n) is 9.63. The molecule has 5 aliphatic rings. The number of piperidine rings is 3. The van der Waals surface area contributed by atoms with Crippen molar-refractivity contribution in [1.29, 1.82) is 0 Å². The van der Waals surface area contributed by atoms with Crippen LogP contribution in [0.5, 0.6) is 0 Å². The highest BCUT2D eigenvalue weighted by Gasteiger charge is 2.58. The Bertz CT molecular complexity index is 834. The minimum absolute atomic E-state index is 0.0462. The summed E-state index contributed by atoms with van der Waals surface area (Å²) in [6.45, 7) is 4.25. The zero-order chi connectivity index (χ0) is 21.6. The van der Waals surface area contributed by atoms with E-state index in [1.165, 1.54) is 12.8 Å². The van der Waals surface area contributed by atoms with Gasteiger partial charge in [-0.3, -0.25) is 14.4 Å². The first-order chi connectivity index (χ1) is 15.0. The Hall–Kier alpha value is -2.09. The number of fused-ring (bicyclic) bond motifs is 2. The van der Waals surface area contributed by atoms with Gasteiger partial charge in [-0.05, 0) is 63.5 Å². The molecule has 166 valence electrons. The average molecular weight is 426 g/mol. The monoisotopic (exact) mass is 425 g/mol. The van der Waals surface area contributed by atoms with Crippen LogP contribution in [0.25, 0.3) is 0 Å². The van der Waals surface area contributed by atoms with Crippen molar-refractivity contribution < 1.29 is 19.5 Å². The predicted octanol–water partition coefficient (Wildman–Crippen LogP) is 2.23. The number of carbonyl (C=O) groups excluding carboxylic acids is 2. The maximum Gasteiger partial charge on any atom is 0.306 e. The summed E-state index contributed by atoms with van der Waals surface area (Å²) in [6.07, 6.45) is 5.08. The minimum Gasteiger partial charge on any atom is -0.481 e. The summed E-state index contributed by atoms with van der Waals surface area (Å²) in [5, 5.41) is 17.3. The van der Waals surface area contributed by atoms with Gasteiger partial charge in [-0.2, -0.15) is 0 Å². The molecule has 1 aromatic rings. The highest BCUT2D eigenvalue weighted by atomic mass is 16.4. The molecule has 0 radical (unpaired) electrons. The Morgan fingerprint density at radius 3 is 1.97 bits per heavy atom. The number of hydrogen-bond acceptors (Lipinski definition) is 6. The molecule has 2 N–H and O–H groups in total. The van der Waals surface area contributed by atoms with E-state index in [1.54, 1.807) is 24.3 Å².